The molecule has 0 saturated carbocycles. The number of aryl methyl sites for hydroxylation is 3. The third-order valence-corrected chi connectivity index (χ3v) is 11.9. The molecule has 0 aliphatic rings. The largest absolute Gasteiger partial charge is 0.220 e. The zero-order valence-electron chi connectivity index (χ0n) is 20.8. The van der Waals surface area contributed by atoms with Gasteiger partial charge in [0.25, 0.3) is 0 Å². The van der Waals surface area contributed by atoms with Gasteiger partial charge in [-0.3, -0.25) is 0 Å². The Balaban J connectivity index is 1.77. The fraction of sp³-hybridized carbons (Fsp3) is 0.156. The predicted octanol–water partition coefficient (Wildman–Crippen LogP) is 5.36. The van der Waals surface area contributed by atoms with E-state index in [1.165, 1.54) is 54.3 Å². The summed E-state index contributed by atoms with van der Waals surface area (Å²) in [5.74, 6) is 0. The van der Waals surface area contributed by atoms with Crippen LogP contribution in [-0.2, 0) is 7.05 Å². The average molecular weight is 459 g/mol. The lowest BCUT2D eigenvalue weighted by molar-refractivity contribution is -0.659. The van der Waals surface area contributed by atoms with Gasteiger partial charge in [0.1, 0.15) is 15.1 Å². The van der Waals surface area contributed by atoms with E-state index in [2.05, 4.69) is 142 Å². The third kappa shape index (κ3) is 3.68. The number of fused-ring (bicyclic) bond motifs is 1. The van der Waals surface area contributed by atoms with Gasteiger partial charge >= 0.3 is 0 Å². The van der Waals surface area contributed by atoms with Gasteiger partial charge in [-0.25, -0.2) is 4.57 Å². The number of aromatic nitrogens is 1. The van der Waals surface area contributed by atoms with Gasteiger partial charge in [-0.2, -0.15) is 0 Å². The molecular formula is C32H32NSi+. The highest BCUT2D eigenvalue weighted by molar-refractivity contribution is 7.10. The molecule has 0 saturated heterocycles. The molecule has 0 N–H and O–H groups in total. The van der Waals surface area contributed by atoms with Gasteiger partial charge in [-0.05, 0) is 65.0 Å². The molecule has 4 aromatic carbocycles. The molecule has 1 heterocycles. The van der Waals surface area contributed by atoms with E-state index < -0.39 is 8.07 Å². The van der Waals surface area contributed by atoms with Gasteiger partial charge in [0.15, 0.2) is 6.20 Å². The van der Waals surface area contributed by atoms with Crippen LogP contribution >= 0.6 is 0 Å². The number of nitrogens with zero attached hydrogens (tertiary/aromatic N) is 1. The molecule has 1 nitrogen and oxygen atoms in total. The monoisotopic (exact) mass is 458 g/mol. The molecule has 0 spiro atoms. The van der Waals surface area contributed by atoms with Crippen molar-refractivity contribution in [3.8, 4) is 11.3 Å². The quantitative estimate of drug-likeness (QED) is 0.194. The molecular weight excluding hydrogens is 426 g/mol. The van der Waals surface area contributed by atoms with Gasteiger partial charge in [-0.15, -0.1) is 0 Å². The van der Waals surface area contributed by atoms with Crippen molar-refractivity contribution in [1.82, 2.24) is 0 Å². The first-order valence-electron chi connectivity index (χ1n) is 12.0. The van der Waals surface area contributed by atoms with Gasteiger partial charge in [-0.1, -0.05) is 91.0 Å². The maximum absolute atomic E-state index is 2.48. The molecule has 0 fully saturated rings. The maximum Gasteiger partial charge on any atom is 0.220 e. The Morgan fingerprint density at radius 2 is 1.26 bits per heavy atom. The number of pyridine rings is 1. The SMILES string of the molecule is Cc1cc(C)c(C)c(-c2c3ccc([Si](C)(c4ccccc4)c4ccccc4)cc3cc[n+]2C)c1. The summed E-state index contributed by atoms with van der Waals surface area (Å²) < 4.78 is 2.27. The first-order valence-corrected chi connectivity index (χ1v) is 14.5. The van der Waals surface area contributed by atoms with Crippen molar-refractivity contribution in [2.75, 3.05) is 0 Å². The summed E-state index contributed by atoms with van der Waals surface area (Å²) in [5.41, 5.74) is 6.61. The van der Waals surface area contributed by atoms with E-state index >= 15 is 0 Å². The van der Waals surface area contributed by atoms with Gasteiger partial charge in [0, 0.05) is 6.07 Å². The number of hydrogen-bond acceptors (Lipinski definition) is 0. The number of rotatable bonds is 4. The van der Waals surface area contributed by atoms with Gasteiger partial charge in [0.05, 0.1) is 10.9 Å². The minimum absolute atomic E-state index is 1.29. The van der Waals surface area contributed by atoms with Crippen LogP contribution in [0.5, 0.6) is 0 Å². The van der Waals surface area contributed by atoms with Crippen molar-refractivity contribution in [1.29, 1.82) is 0 Å². The fourth-order valence-electron chi connectivity index (χ4n) is 5.35. The zero-order chi connectivity index (χ0) is 23.9. The van der Waals surface area contributed by atoms with E-state index in [1.807, 2.05) is 0 Å². The highest BCUT2D eigenvalue weighted by Crippen LogP contribution is 2.30. The topological polar surface area (TPSA) is 3.88 Å². The Labute approximate surface area is 204 Å². The van der Waals surface area contributed by atoms with Crippen molar-refractivity contribution >= 4 is 34.4 Å². The van der Waals surface area contributed by atoms with Crippen LogP contribution in [0.1, 0.15) is 16.7 Å². The summed E-state index contributed by atoms with van der Waals surface area (Å²) in [6, 6.07) is 36.2. The smallest absolute Gasteiger partial charge is 0.200 e. The van der Waals surface area contributed by atoms with Crippen LogP contribution in [0.25, 0.3) is 22.0 Å². The lowest BCUT2D eigenvalue weighted by Gasteiger charge is -2.29. The van der Waals surface area contributed by atoms with Crippen LogP contribution < -0.4 is 20.1 Å². The van der Waals surface area contributed by atoms with Crippen molar-refractivity contribution in [2.24, 2.45) is 7.05 Å². The molecule has 34 heavy (non-hydrogen) atoms. The third-order valence-electron chi connectivity index (χ3n) is 7.48. The van der Waals surface area contributed by atoms with Crippen molar-refractivity contribution in [2.45, 2.75) is 27.3 Å². The highest BCUT2D eigenvalue weighted by atomic mass is 28.3. The summed E-state index contributed by atoms with van der Waals surface area (Å²) in [7, 11) is 0.0185. The summed E-state index contributed by atoms with van der Waals surface area (Å²) >= 11 is 0. The lowest BCUT2D eigenvalue weighted by Crippen LogP contribution is -2.64. The summed E-state index contributed by atoms with van der Waals surface area (Å²) in [6.45, 7) is 9.13. The Morgan fingerprint density at radius 3 is 1.88 bits per heavy atom. The van der Waals surface area contributed by atoms with Crippen molar-refractivity contribution in [3.05, 3.63) is 120 Å². The molecule has 0 aliphatic heterocycles. The van der Waals surface area contributed by atoms with Crippen LogP contribution in [0.15, 0.2) is 103 Å². The maximum atomic E-state index is 2.48. The molecule has 1 aromatic heterocycles. The molecule has 0 unspecified atom stereocenters. The molecule has 5 aromatic rings. The normalized spacial score (nSPS) is 11.7. The van der Waals surface area contributed by atoms with E-state index in [0.29, 0.717) is 0 Å². The molecule has 0 bridgehead atoms. The fourth-order valence-corrected chi connectivity index (χ4v) is 8.93. The second-order valence-electron chi connectivity index (χ2n) is 9.69. The van der Waals surface area contributed by atoms with Crippen LogP contribution in [0.2, 0.25) is 6.55 Å². The molecule has 5 rings (SSSR count). The van der Waals surface area contributed by atoms with E-state index in [9.17, 15) is 0 Å². The van der Waals surface area contributed by atoms with E-state index in [-0.39, 0.29) is 0 Å². The van der Waals surface area contributed by atoms with Crippen LogP contribution in [-0.4, -0.2) is 8.07 Å². The van der Waals surface area contributed by atoms with Crippen LogP contribution in [0.3, 0.4) is 0 Å². The summed E-state index contributed by atoms with van der Waals surface area (Å²) in [6.07, 6.45) is 2.21. The lowest BCUT2D eigenvalue weighted by atomic mass is 9.94. The van der Waals surface area contributed by atoms with Crippen LogP contribution in [0, 0.1) is 20.8 Å². The zero-order valence-corrected chi connectivity index (χ0v) is 21.8. The second-order valence-corrected chi connectivity index (χ2v) is 13.7. The van der Waals surface area contributed by atoms with Gasteiger partial charge < -0.3 is 0 Å². The molecule has 0 radical (unpaired) electrons. The van der Waals surface area contributed by atoms with Crippen molar-refractivity contribution < 1.29 is 4.57 Å². The molecule has 2 heteroatoms. The van der Waals surface area contributed by atoms with E-state index in [1.54, 1.807) is 0 Å². The van der Waals surface area contributed by atoms with Crippen molar-refractivity contribution in [3.63, 3.8) is 0 Å². The molecule has 0 atom stereocenters. The second kappa shape index (κ2) is 8.70. The Morgan fingerprint density at radius 1 is 0.647 bits per heavy atom. The first-order chi connectivity index (χ1) is 16.4. The molecule has 0 amide bonds. The minimum Gasteiger partial charge on any atom is -0.200 e. The minimum atomic E-state index is -2.14. The first kappa shape index (κ1) is 22.3. The molecule has 168 valence electrons. The molecule has 0 aliphatic carbocycles. The van der Waals surface area contributed by atoms with Gasteiger partial charge in [0.2, 0.25) is 5.69 Å². The number of hydrogen-bond donors (Lipinski definition) is 0. The summed E-state index contributed by atoms with van der Waals surface area (Å²) in [5, 5.41) is 6.92. The summed E-state index contributed by atoms with van der Waals surface area (Å²) in [4.78, 5) is 0. The Bertz CT molecular complexity index is 1450. The number of benzene rings is 4. The Hall–Kier alpha value is -3.49. The Kier molecular flexibility index (Phi) is 5.71. The van der Waals surface area contributed by atoms with E-state index in [0.717, 1.165) is 0 Å². The standard InChI is InChI=1S/C32H32NSi/c1-23-20-24(2)25(3)31(21-23)32-30-17-16-29(22-26(30)18-19-33(32)4)34(5,27-12-8-6-9-13-27)28-14-10-7-11-15-28/h6-22H,1-5H3/q+1. The average Bonchev–Trinajstić information content (AvgIpc) is 2.86. The highest BCUT2D eigenvalue weighted by Gasteiger charge is 2.34. The predicted molar refractivity (Wildman–Crippen MR) is 148 cm³/mol. The van der Waals surface area contributed by atoms with Crippen LogP contribution in [0.4, 0.5) is 0 Å². The van der Waals surface area contributed by atoms with E-state index in [4.69, 9.17) is 0 Å².